The van der Waals surface area contributed by atoms with Crippen LogP contribution in [0.1, 0.15) is 28.8 Å². The van der Waals surface area contributed by atoms with Crippen LogP contribution in [-0.4, -0.2) is 29.8 Å². The number of hydrogen-bond acceptors (Lipinski definition) is 2. The highest BCUT2D eigenvalue weighted by Gasteiger charge is 2.28. The molecule has 1 heterocycles. The van der Waals surface area contributed by atoms with Gasteiger partial charge in [-0.1, -0.05) is 29.3 Å². The van der Waals surface area contributed by atoms with Crippen molar-refractivity contribution in [3.05, 3.63) is 63.6 Å². The van der Waals surface area contributed by atoms with Gasteiger partial charge in [0, 0.05) is 40.3 Å². The molecule has 6 heteroatoms. The molecule has 0 unspecified atom stereocenters. The van der Waals surface area contributed by atoms with E-state index in [1.54, 1.807) is 41.3 Å². The number of amides is 2. The fourth-order valence-electron chi connectivity index (χ4n) is 3.08. The topological polar surface area (TPSA) is 49.4 Å². The maximum atomic E-state index is 12.5. The summed E-state index contributed by atoms with van der Waals surface area (Å²) in [6.07, 6.45) is 1.29. The maximum absolute atomic E-state index is 12.5. The van der Waals surface area contributed by atoms with Crippen LogP contribution < -0.4 is 5.32 Å². The molecule has 0 radical (unpaired) electrons. The number of piperidine rings is 1. The second kappa shape index (κ2) is 8.11. The Morgan fingerprint density at radius 2 is 1.62 bits per heavy atom. The molecule has 1 aliphatic heterocycles. The molecule has 0 spiro atoms. The Labute approximate surface area is 163 Å². The van der Waals surface area contributed by atoms with Crippen molar-refractivity contribution in [3.8, 4) is 0 Å². The quantitative estimate of drug-likeness (QED) is 0.818. The number of likely N-dealkylation sites (tertiary alicyclic amines) is 1. The molecule has 1 N–H and O–H groups in total. The van der Waals surface area contributed by atoms with Crippen molar-refractivity contribution in [1.82, 2.24) is 4.90 Å². The van der Waals surface area contributed by atoms with Gasteiger partial charge in [-0.2, -0.15) is 0 Å². The summed E-state index contributed by atoms with van der Waals surface area (Å²) in [4.78, 5) is 26.9. The summed E-state index contributed by atoms with van der Waals surface area (Å²) in [5.41, 5.74) is 2.33. The monoisotopic (exact) mass is 390 g/mol. The number of halogens is 2. The summed E-state index contributed by atoms with van der Waals surface area (Å²) in [6.45, 7) is 3.06. The summed E-state index contributed by atoms with van der Waals surface area (Å²) in [5.74, 6) is -0.150. The van der Waals surface area contributed by atoms with E-state index in [0.29, 0.717) is 41.5 Å². The Morgan fingerprint density at radius 3 is 2.27 bits per heavy atom. The lowest BCUT2D eigenvalue weighted by Crippen LogP contribution is -2.41. The van der Waals surface area contributed by atoms with Crippen LogP contribution in [0.2, 0.25) is 10.0 Å². The van der Waals surface area contributed by atoms with E-state index in [1.807, 2.05) is 13.0 Å². The van der Waals surface area contributed by atoms with Crippen LogP contribution in [0.25, 0.3) is 0 Å². The SMILES string of the molecule is Cc1ccc(Cl)cc1NC(=O)C1CCN(C(=O)c2ccc(Cl)cc2)CC1. The minimum absolute atomic E-state index is 0.0195. The zero-order valence-corrected chi connectivity index (χ0v) is 16.0. The fourth-order valence-corrected chi connectivity index (χ4v) is 3.38. The smallest absolute Gasteiger partial charge is 0.253 e. The van der Waals surface area contributed by atoms with E-state index in [4.69, 9.17) is 23.2 Å². The van der Waals surface area contributed by atoms with Crippen LogP contribution in [0.4, 0.5) is 5.69 Å². The molecule has 0 bridgehead atoms. The molecule has 3 rings (SSSR count). The van der Waals surface area contributed by atoms with Gasteiger partial charge < -0.3 is 10.2 Å². The van der Waals surface area contributed by atoms with Gasteiger partial charge in [0.2, 0.25) is 5.91 Å². The molecule has 2 amide bonds. The number of hydrogen-bond donors (Lipinski definition) is 1. The zero-order chi connectivity index (χ0) is 18.7. The van der Waals surface area contributed by atoms with E-state index in [1.165, 1.54) is 0 Å². The minimum Gasteiger partial charge on any atom is -0.339 e. The largest absolute Gasteiger partial charge is 0.339 e. The number of rotatable bonds is 3. The fraction of sp³-hybridized carbons (Fsp3) is 0.300. The average molecular weight is 391 g/mol. The van der Waals surface area contributed by atoms with Gasteiger partial charge in [0.15, 0.2) is 0 Å². The van der Waals surface area contributed by atoms with Gasteiger partial charge in [-0.25, -0.2) is 0 Å². The summed E-state index contributed by atoms with van der Waals surface area (Å²) < 4.78 is 0. The summed E-state index contributed by atoms with van der Waals surface area (Å²) in [6, 6.07) is 12.3. The van der Waals surface area contributed by atoms with E-state index in [0.717, 1.165) is 11.3 Å². The number of carbonyl (C=O) groups excluding carboxylic acids is 2. The standard InChI is InChI=1S/C20H20Cl2N2O2/c1-13-2-5-17(22)12-18(13)23-19(25)14-8-10-24(11-9-14)20(26)15-3-6-16(21)7-4-15/h2-7,12,14H,8-11H2,1H3,(H,23,25). The molecule has 0 atom stereocenters. The lowest BCUT2D eigenvalue weighted by atomic mass is 9.95. The number of aryl methyl sites for hydroxylation is 1. The number of nitrogens with one attached hydrogen (secondary N) is 1. The van der Waals surface area contributed by atoms with E-state index >= 15 is 0 Å². The van der Waals surface area contributed by atoms with E-state index < -0.39 is 0 Å². The third-order valence-electron chi connectivity index (χ3n) is 4.70. The van der Waals surface area contributed by atoms with Crippen molar-refractivity contribution in [2.75, 3.05) is 18.4 Å². The van der Waals surface area contributed by atoms with Crippen molar-refractivity contribution >= 4 is 40.7 Å². The first kappa shape index (κ1) is 18.7. The molecule has 0 saturated carbocycles. The molecule has 136 valence electrons. The molecule has 26 heavy (non-hydrogen) atoms. The first-order chi connectivity index (χ1) is 12.4. The van der Waals surface area contributed by atoms with Gasteiger partial charge in [0.1, 0.15) is 0 Å². The number of carbonyl (C=O) groups is 2. The average Bonchev–Trinajstić information content (AvgIpc) is 2.65. The lowest BCUT2D eigenvalue weighted by Gasteiger charge is -2.31. The second-order valence-corrected chi connectivity index (χ2v) is 7.39. The molecule has 4 nitrogen and oxygen atoms in total. The predicted molar refractivity (Wildman–Crippen MR) is 105 cm³/mol. The van der Waals surface area contributed by atoms with E-state index in [-0.39, 0.29) is 17.7 Å². The zero-order valence-electron chi connectivity index (χ0n) is 14.5. The molecule has 1 aliphatic rings. The summed E-state index contributed by atoms with van der Waals surface area (Å²) in [7, 11) is 0. The Morgan fingerprint density at radius 1 is 1.00 bits per heavy atom. The predicted octanol–water partition coefficient (Wildman–Crippen LogP) is 4.79. The minimum atomic E-state index is -0.109. The number of nitrogens with zero attached hydrogens (tertiary/aromatic N) is 1. The van der Waals surface area contributed by atoms with Crippen molar-refractivity contribution in [3.63, 3.8) is 0 Å². The van der Waals surface area contributed by atoms with Crippen LogP contribution >= 0.6 is 23.2 Å². The van der Waals surface area contributed by atoms with Crippen molar-refractivity contribution < 1.29 is 9.59 Å². The molecular formula is C20H20Cl2N2O2. The van der Waals surface area contributed by atoms with E-state index in [9.17, 15) is 9.59 Å². The van der Waals surface area contributed by atoms with Gasteiger partial charge in [-0.15, -0.1) is 0 Å². The Hall–Kier alpha value is -2.04. The molecule has 2 aromatic carbocycles. The number of anilines is 1. The molecule has 2 aromatic rings. The molecule has 0 aliphatic carbocycles. The Balaban J connectivity index is 1.57. The lowest BCUT2D eigenvalue weighted by molar-refractivity contribution is -0.121. The van der Waals surface area contributed by atoms with Crippen molar-refractivity contribution in [2.24, 2.45) is 5.92 Å². The van der Waals surface area contributed by atoms with Gasteiger partial charge in [0.25, 0.3) is 5.91 Å². The van der Waals surface area contributed by atoms with Crippen molar-refractivity contribution in [2.45, 2.75) is 19.8 Å². The van der Waals surface area contributed by atoms with Gasteiger partial charge >= 0.3 is 0 Å². The Kier molecular flexibility index (Phi) is 5.84. The summed E-state index contributed by atoms with van der Waals surface area (Å²) >= 11 is 11.9. The molecular weight excluding hydrogens is 371 g/mol. The third kappa shape index (κ3) is 4.37. The highest BCUT2D eigenvalue weighted by atomic mass is 35.5. The maximum Gasteiger partial charge on any atom is 0.253 e. The molecule has 1 saturated heterocycles. The highest BCUT2D eigenvalue weighted by molar-refractivity contribution is 6.31. The van der Waals surface area contributed by atoms with Gasteiger partial charge in [-0.05, 0) is 61.7 Å². The van der Waals surface area contributed by atoms with Crippen molar-refractivity contribution in [1.29, 1.82) is 0 Å². The van der Waals surface area contributed by atoms with Gasteiger partial charge in [0.05, 0.1) is 0 Å². The highest BCUT2D eigenvalue weighted by Crippen LogP contribution is 2.24. The first-order valence-corrected chi connectivity index (χ1v) is 9.31. The third-order valence-corrected chi connectivity index (χ3v) is 5.19. The second-order valence-electron chi connectivity index (χ2n) is 6.52. The summed E-state index contributed by atoms with van der Waals surface area (Å²) in [5, 5.41) is 4.16. The molecule has 0 aromatic heterocycles. The Bertz CT molecular complexity index is 813. The van der Waals surface area contributed by atoms with Crippen LogP contribution in [-0.2, 0) is 4.79 Å². The normalized spacial score (nSPS) is 15.0. The van der Waals surface area contributed by atoms with Crippen LogP contribution in [0, 0.1) is 12.8 Å². The number of benzene rings is 2. The van der Waals surface area contributed by atoms with Crippen LogP contribution in [0.15, 0.2) is 42.5 Å². The molecule has 1 fully saturated rings. The van der Waals surface area contributed by atoms with Gasteiger partial charge in [-0.3, -0.25) is 9.59 Å². The first-order valence-electron chi connectivity index (χ1n) is 8.56. The van der Waals surface area contributed by atoms with E-state index in [2.05, 4.69) is 5.32 Å². The van der Waals surface area contributed by atoms with Crippen LogP contribution in [0.3, 0.4) is 0 Å². The van der Waals surface area contributed by atoms with Crippen LogP contribution in [0.5, 0.6) is 0 Å².